The van der Waals surface area contributed by atoms with E-state index in [0.29, 0.717) is 9.90 Å². The molecule has 0 spiro atoms. The van der Waals surface area contributed by atoms with Gasteiger partial charge in [0.05, 0.1) is 10.7 Å². The SMILES string of the molecule is Cc1ccc(Br)c(NC(=O)c2sccc2Cl)c1. The molecule has 1 N–H and O–H groups in total. The number of carbonyl (C=O) groups is 1. The summed E-state index contributed by atoms with van der Waals surface area (Å²) < 4.78 is 0.851. The molecule has 1 heterocycles. The Morgan fingerprint density at radius 1 is 1.41 bits per heavy atom. The minimum absolute atomic E-state index is 0.184. The normalized spacial score (nSPS) is 10.3. The monoisotopic (exact) mass is 329 g/mol. The van der Waals surface area contributed by atoms with Gasteiger partial charge in [-0.25, -0.2) is 0 Å². The summed E-state index contributed by atoms with van der Waals surface area (Å²) in [6, 6.07) is 7.49. The van der Waals surface area contributed by atoms with E-state index in [0.717, 1.165) is 15.7 Å². The molecule has 0 bridgehead atoms. The molecule has 17 heavy (non-hydrogen) atoms. The van der Waals surface area contributed by atoms with Crippen LogP contribution in [-0.4, -0.2) is 5.91 Å². The van der Waals surface area contributed by atoms with E-state index in [2.05, 4.69) is 21.2 Å². The summed E-state index contributed by atoms with van der Waals surface area (Å²) >= 11 is 10.6. The first kappa shape index (κ1) is 12.6. The van der Waals surface area contributed by atoms with Crippen LogP contribution in [0, 0.1) is 6.92 Å². The lowest BCUT2D eigenvalue weighted by atomic mass is 10.2. The number of thiophene rings is 1. The van der Waals surface area contributed by atoms with Gasteiger partial charge in [0.1, 0.15) is 4.88 Å². The highest BCUT2D eigenvalue weighted by Gasteiger charge is 2.13. The molecule has 0 aliphatic heterocycles. The number of aryl methyl sites for hydroxylation is 1. The van der Waals surface area contributed by atoms with E-state index in [1.165, 1.54) is 11.3 Å². The lowest BCUT2D eigenvalue weighted by Gasteiger charge is -2.07. The fourth-order valence-corrected chi connectivity index (χ4v) is 2.75. The number of rotatable bonds is 2. The van der Waals surface area contributed by atoms with Gasteiger partial charge in [-0.2, -0.15) is 0 Å². The van der Waals surface area contributed by atoms with E-state index in [4.69, 9.17) is 11.6 Å². The molecule has 0 unspecified atom stereocenters. The van der Waals surface area contributed by atoms with Crippen LogP contribution in [0.4, 0.5) is 5.69 Å². The van der Waals surface area contributed by atoms with Crippen LogP contribution in [-0.2, 0) is 0 Å². The number of hydrogen-bond acceptors (Lipinski definition) is 2. The molecule has 2 nitrogen and oxygen atoms in total. The number of benzene rings is 1. The van der Waals surface area contributed by atoms with Crippen LogP contribution >= 0.6 is 38.9 Å². The molecule has 0 aliphatic carbocycles. The van der Waals surface area contributed by atoms with E-state index in [1.54, 1.807) is 11.4 Å². The maximum Gasteiger partial charge on any atom is 0.267 e. The van der Waals surface area contributed by atoms with Crippen LogP contribution in [0.25, 0.3) is 0 Å². The van der Waals surface area contributed by atoms with Gasteiger partial charge in [0.15, 0.2) is 0 Å². The first-order valence-electron chi connectivity index (χ1n) is 4.88. The van der Waals surface area contributed by atoms with Crippen molar-refractivity contribution in [3.63, 3.8) is 0 Å². The van der Waals surface area contributed by atoms with Crippen LogP contribution in [0.15, 0.2) is 34.1 Å². The topological polar surface area (TPSA) is 29.1 Å². The molecular weight excluding hydrogens is 322 g/mol. The van der Waals surface area contributed by atoms with Crippen molar-refractivity contribution in [2.45, 2.75) is 6.92 Å². The number of amides is 1. The van der Waals surface area contributed by atoms with E-state index in [-0.39, 0.29) is 5.91 Å². The highest BCUT2D eigenvalue weighted by Crippen LogP contribution is 2.27. The second kappa shape index (κ2) is 5.21. The molecule has 2 rings (SSSR count). The highest BCUT2D eigenvalue weighted by molar-refractivity contribution is 9.10. The number of nitrogens with one attached hydrogen (secondary N) is 1. The number of carbonyl (C=O) groups excluding carboxylic acids is 1. The molecule has 88 valence electrons. The Morgan fingerprint density at radius 2 is 2.18 bits per heavy atom. The van der Waals surface area contributed by atoms with Crippen molar-refractivity contribution in [3.8, 4) is 0 Å². The molecule has 1 amide bonds. The molecule has 0 saturated heterocycles. The van der Waals surface area contributed by atoms with Crippen molar-refractivity contribution in [2.24, 2.45) is 0 Å². The van der Waals surface area contributed by atoms with Crippen molar-refractivity contribution in [1.82, 2.24) is 0 Å². The maximum atomic E-state index is 12.0. The standard InChI is InChI=1S/C12H9BrClNOS/c1-7-2-3-8(13)10(6-7)15-12(16)11-9(14)4-5-17-11/h2-6H,1H3,(H,15,16). The third-order valence-corrected chi connectivity index (χ3v) is 4.23. The summed E-state index contributed by atoms with van der Waals surface area (Å²) in [5, 5.41) is 5.11. The Morgan fingerprint density at radius 3 is 2.82 bits per heavy atom. The van der Waals surface area contributed by atoms with Gasteiger partial charge in [0.2, 0.25) is 0 Å². The molecule has 1 aromatic carbocycles. The molecule has 1 aromatic heterocycles. The summed E-state index contributed by atoms with van der Waals surface area (Å²) in [6.07, 6.45) is 0. The van der Waals surface area contributed by atoms with E-state index >= 15 is 0 Å². The van der Waals surface area contributed by atoms with Gasteiger partial charge in [-0.05, 0) is 52.0 Å². The van der Waals surface area contributed by atoms with Gasteiger partial charge in [0, 0.05) is 4.47 Å². The van der Waals surface area contributed by atoms with Crippen molar-refractivity contribution in [2.75, 3.05) is 5.32 Å². The van der Waals surface area contributed by atoms with Gasteiger partial charge in [-0.3, -0.25) is 4.79 Å². The molecule has 0 fully saturated rings. The Balaban J connectivity index is 2.24. The molecule has 2 aromatic rings. The summed E-state index contributed by atoms with van der Waals surface area (Å²) in [5.41, 5.74) is 1.83. The van der Waals surface area contributed by atoms with Gasteiger partial charge in [-0.1, -0.05) is 17.7 Å². The minimum Gasteiger partial charge on any atom is -0.320 e. The quantitative estimate of drug-likeness (QED) is 0.847. The zero-order valence-electron chi connectivity index (χ0n) is 8.96. The zero-order valence-corrected chi connectivity index (χ0v) is 12.1. The fourth-order valence-electron chi connectivity index (χ4n) is 1.37. The first-order valence-corrected chi connectivity index (χ1v) is 6.93. The zero-order chi connectivity index (χ0) is 12.4. The molecule has 0 aliphatic rings. The molecule has 5 heteroatoms. The van der Waals surface area contributed by atoms with Crippen LogP contribution in [0.3, 0.4) is 0 Å². The maximum absolute atomic E-state index is 12.0. The lowest BCUT2D eigenvalue weighted by molar-refractivity contribution is 0.103. The first-order chi connectivity index (χ1) is 8.08. The van der Waals surface area contributed by atoms with Crippen molar-refractivity contribution >= 4 is 50.5 Å². The van der Waals surface area contributed by atoms with E-state index in [9.17, 15) is 4.79 Å². The van der Waals surface area contributed by atoms with Crippen molar-refractivity contribution in [1.29, 1.82) is 0 Å². The van der Waals surface area contributed by atoms with E-state index in [1.807, 2.05) is 25.1 Å². The summed E-state index contributed by atoms with van der Waals surface area (Å²) in [6.45, 7) is 1.97. The van der Waals surface area contributed by atoms with Crippen LogP contribution in [0.2, 0.25) is 5.02 Å². The number of hydrogen-bond donors (Lipinski definition) is 1. The molecule has 0 atom stereocenters. The smallest absolute Gasteiger partial charge is 0.267 e. The van der Waals surface area contributed by atoms with E-state index < -0.39 is 0 Å². The van der Waals surface area contributed by atoms with Crippen LogP contribution in [0.1, 0.15) is 15.2 Å². The number of anilines is 1. The van der Waals surface area contributed by atoms with Crippen LogP contribution in [0.5, 0.6) is 0 Å². The molecular formula is C12H9BrClNOS. The second-order valence-corrected chi connectivity index (χ2v) is 5.71. The average Bonchev–Trinajstić information content (AvgIpc) is 2.70. The van der Waals surface area contributed by atoms with Crippen LogP contribution < -0.4 is 5.32 Å². The van der Waals surface area contributed by atoms with Gasteiger partial charge in [0.25, 0.3) is 5.91 Å². The summed E-state index contributed by atoms with van der Waals surface area (Å²) in [4.78, 5) is 12.5. The molecule has 0 radical (unpaired) electrons. The van der Waals surface area contributed by atoms with Gasteiger partial charge < -0.3 is 5.32 Å². The fraction of sp³-hybridized carbons (Fsp3) is 0.0833. The summed E-state index contributed by atoms with van der Waals surface area (Å²) in [5.74, 6) is -0.184. The highest BCUT2D eigenvalue weighted by atomic mass is 79.9. The largest absolute Gasteiger partial charge is 0.320 e. The third-order valence-electron chi connectivity index (χ3n) is 2.19. The number of halogens is 2. The Labute approximate surface area is 117 Å². The Kier molecular flexibility index (Phi) is 3.86. The predicted molar refractivity (Wildman–Crippen MR) is 76.2 cm³/mol. The second-order valence-electron chi connectivity index (χ2n) is 3.54. The average molecular weight is 331 g/mol. The Bertz CT molecular complexity index is 567. The summed E-state index contributed by atoms with van der Waals surface area (Å²) in [7, 11) is 0. The van der Waals surface area contributed by atoms with Gasteiger partial charge in [-0.15, -0.1) is 11.3 Å². The molecule has 0 saturated carbocycles. The lowest BCUT2D eigenvalue weighted by Crippen LogP contribution is -2.11. The minimum atomic E-state index is -0.184. The van der Waals surface area contributed by atoms with Crippen molar-refractivity contribution in [3.05, 3.63) is 49.6 Å². The van der Waals surface area contributed by atoms with Gasteiger partial charge >= 0.3 is 0 Å². The Hall–Kier alpha value is -0.840. The third kappa shape index (κ3) is 2.89. The predicted octanol–water partition coefficient (Wildman–Crippen LogP) is 4.72. The van der Waals surface area contributed by atoms with Crippen molar-refractivity contribution < 1.29 is 4.79 Å².